The van der Waals surface area contributed by atoms with Crippen molar-refractivity contribution < 1.29 is 4.92 Å². The predicted octanol–water partition coefficient (Wildman–Crippen LogP) is 4.38. The summed E-state index contributed by atoms with van der Waals surface area (Å²) in [4.78, 5) is 10.9. The third-order valence-electron chi connectivity index (χ3n) is 3.52. The molecule has 0 saturated carbocycles. The third-order valence-corrected chi connectivity index (χ3v) is 3.75. The molecule has 0 aliphatic carbocycles. The average Bonchev–Trinajstić information content (AvgIpc) is 2.35. The van der Waals surface area contributed by atoms with Crippen LogP contribution in [0, 0.1) is 16.0 Å². The summed E-state index contributed by atoms with van der Waals surface area (Å²) in [6.07, 6.45) is 1.03. The van der Waals surface area contributed by atoms with Gasteiger partial charge in [0.25, 0.3) is 5.69 Å². The van der Waals surface area contributed by atoms with Gasteiger partial charge in [-0.2, -0.15) is 0 Å². The van der Waals surface area contributed by atoms with Crippen LogP contribution in [0.15, 0.2) is 18.2 Å². The van der Waals surface area contributed by atoms with Crippen molar-refractivity contribution in [3.05, 3.63) is 38.9 Å². The highest BCUT2D eigenvalue weighted by Gasteiger charge is 2.29. The zero-order valence-electron chi connectivity index (χ0n) is 12.5. The molecule has 4 nitrogen and oxygen atoms in total. The molecule has 1 aromatic carbocycles. The molecule has 0 heterocycles. The lowest BCUT2D eigenvalue weighted by molar-refractivity contribution is -0.385. The van der Waals surface area contributed by atoms with Crippen molar-refractivity contribution in [3.63, 3.8) is 0 Å². The summed E-state index contributed by atoms with van der Waals surface area (Å²) in [5.41, 5.74) is 0.867. The van der Waals surface area contributed by atoms with Crippen molar-refractivity contribution in [1.29, 1.82) is 0 Å². The van der Waals surface area contributed by atoms with E-state index in [0.717, 1.165) is 13.0 Å². The lowest BCUT2D eigenvalue weighted by Gasteiger charge is -2.28. The van der Waals surface area contributed by atoms with E-state index in [1.54, 1.807) is 12.1 Å². The summed E-state index contributed by atoms with van der Waals surface area (Å²) in [6, 6.07) is 4.96. The molecule has 0 fully saturated rings. The Bertz CT molecular complexity index is 463. The van der Waals surface area contributed by atoms with E-state index < -0.39 is 0 Å². The molecule has 1 N–H and O–H groups in total. The van der Waals surface area contributed by atoms with Crippen LogP contribution in [0.25, 0.3) is 0 Å². The quantitative estimate of drug-likeness (QED) is 0.600. The highest BCUT2D eigenvalue weighted by atomic mass is 35.5. The molecular formula is C15H23ClN2O2. The topological polar surface area (TPSA) is 55.2 Å². The van der Waals surface area contributed by atoms with Crippen molar-refractivity contribution in [3.8, 4) is 0 Å². The molecule has 0 aliphatic heterocycles. The second-order valence-corrected chi connectivity index (χ2v) is 5.91. The Hall–Kier alpha value is -1.13. The Labute approximate surface area is 125 Å². The van der Waals surface area contributed by atoms with E-state index in [1.807, 2.05) is 0 Å². The van der Waals surface area contributed by atoms with Crippen LogP contribution in [0.3, 0.4) is 0 Å². The lowest BCUT2D eigenvalue weighted by Crippen LogP contribution is -2.35. The molecular weight excluding hydrogens is 276 g/mol. The Morgan fingerprint density at radius 3 is 2.50 bits per heavy atom. The summed E-state index contributed by atoms with van der Waals surface area (Å²) in [5, 5.41) is 15.2. The summed E-state index contributed by atoms with van der Waals surface area (Å²) in [5.74, 6) is 0.340. The minimum Gasteiger partial charge on any atom is -0.314 e. The Morgan fingerprint density at radius 1 is 1.35 bits per heavy atom. The van der Waals surface area contributed by atoms with Crippen LogP contribution in [-0.2, 0) is 0 Å². The van der Waals surface area contributed by atoms with E-state index in [9.17, 15) is 10.1 Å². The highest BCUT2D eigenvalue weighted by molar-refractivity contribution is 6.30. The minimum absolute atomic E-state index is 0.0562. The van der Waals surface area contributed by atoms with Gasteiger partial charge < -0.3 is 5.32 Å². The van der Waals surface area contributed by atoms with Gasteiger partial charge in [-0.25, -0.2) is 0 Å². The molecule has 1 rings (SSSR count). The zero-order valence-corrected chi connectivity index (χ0v) is 13.3. The number of benzene rings is 1. The van der Waals surface area contributed by atoms with E-state index in [1.165, 1.54) is 6.07 Å². The van der Waals surface area contributed by atoms with Crippen molar-refractivity contribution in [2.75, 3.05) is 6.54 Å². The van der Waals surface area contributed by atoms with Crippen LogP contribution < -0.4 is 5.32 Å². The molecule has 0 amide bonds. The summed E-state index contributed by atoms with van der Waals surface area (Å²) < 4.78 is 0. The van der Waals surface area contributed by atoms with Crippen LogP contribution in [0.1, 0.15) is 45.6 Å². The van der Waals surface area contributed by atoms with Crippen LogP contribution in [0.4, 0.5) is 5.69 Å². The first kappa shape index (κ1) is 16.9. The molecule has 0 aromatic heterocycles. The van der Waals surface area contributed by atoms with E-state index in [2.05, 4.69) is 33.0 Å². The van der Waals surface area contributed by atoms with Crippen molar-refractivity contribution in [2.45, 2.75) is 46.1 Å². The Balaban J connectivity index is 3.20. The molecule has 2 unspecified atom stereocenters. The van der Waals surface area contributed by atoms with Crippen molar-refractivity contribution in [1.82, 2.24) is 5.32 Å². The van der Waals surface area contributed by atoms with E-state index in [0.29, 0.717) is 10.6 Å². The number of nitro groups is 1. The van der Waals surface area contributed by atoms with Gasteiger partial charge in [0.2, 0.25) is 0 Å². The number of rotatable bonds is 7. The Morgan fingerprint density at radius 2 is 2.00 bits per heavy atom. The van der Waals surface area contributed by atoms with Gasteiger partial charge in [-0.15, -0.1) is 0 Å². The molecule has 2 atom stereocenters. The van der Waals surface area contributed by atoms with Crippen LogP contribution in [0.2, 0.25) is 5.02 Å². The third kappa shape index (κ3) is 4.18. The molecule has 0 bridgehead atoms. The predicted molar refractivity (Wildman–Crippen MR) is 83.4 cm³/mol. The van der Waals surface area contributed by atoms with Gasteiger partial charge in [0.15, 0.2) is 0 Å². The number of hydrogen-bond donors (Lipinski definition) is 1. The number of halogens is 1. The summed E-state index contributed by atoms with van der Waals surface area (Å²) >= 11 is 6.04. The zero-order chi connectivity index (χ0) is 15.3. The molecule has 5 heteroatoms. The van der Waals surface area contributed by atoms with Crippen molar-refractivity contribution in [2.24, 2.45) is 5.92 Å². The summed E-state index contributed by atoms with van der Waals surface area (Å²) in [7, 11) is 0. The van der Waals surface area contributed by atoms with Gasteiger partial charge in [-0.05, 0) is 37.9 Å². The SMILES string of the molecule is CCCNC(C)C(c1cc(Cl)ccc1[N+](=O)[O-])C(C)C. The molecule has 1 aromatic rings. The molecule has 0 saturated heterocycles. The molecule has 112 valence electrons. The fourth-order valence-corrected chi connectivity index (χ4v) is 2.84. The Kier molecular flexibility index (Phi) is 6.43. The van der Waals surface area contributed by atoms with Gasteiger partial charge in [0.1, 0.15) is 0 Å². The number of nitrogens with one attached hydrogen (secondary N) is 1. The molecule has 0 spiro atoms. The van der Waals surface area contributed by atoms with E-state index >= 15 is 0 Å². The number of nitro benzene ring substituents is 1. The standard InChI is InChI=1S/C15H23ClN2O2/c1-5-8-17-11(4)15(10(2)3)13-9-12(16)6-7-14(13)18(19)20/h6-7,9-11,15,17H,5,8H2,1-4H3. The monoisotopic (exact) mass is 298 g/mol. The molecule has 0 radical (unpaired) electrons. The lowest BCUT2D eigenvalue weighted by atomic mass is 9.82. The summed E-state index contributed by atoms with van der Waals surface area (Å²) in [6.45, 7) is 9.24. The van der Waals surface area contributed by atoms with Gasteiger partial charge >= 0.3 is 0 Å². The fraction of sp³-hybridized carbons (Fsp3) is 0.600. The second-order valence-electron chi connectivity index (χ2n) is 5.47. The maximum Gasteiger partial charge on any atom is 0.273 e. The average molecular weight is 299 g/mol. The van der Waals surface area contributed by atoms with E-state index in [4.69, 9.17) is 11.6 Å². The van der Waals surface area contributed by atoms with Crippen LogP contribution in [0.5, 0.6) is 0 Å². The van der Waals surface area contributed by atoms with Gasteiger partial charge in [0.05, 0.1) is 4.92 Å². The largest absolute Gasteiger partial charge is 0.314 e. The van der Waals surface area contributed by atoms with Gasteiger partial charge in [0, 0.05) is 28.6 Å². The van der Waals surface area contributed by atoms with Gasteiger partial charge in [-0.3, -0.25) is 10.1 Å². The number of nitrogens with zero attached hydrogens (tertiary/aromatic N) is 1. The van der Waals surface area contributed by atoms with Crippen LogP contribution >= 0.6 is 11.6 Å². The fourth-order valence-electron chi connectivity index (χ4n) is 2.66. The van der Waals surface area contributed by atoms with Crippen molar-refractivity contribution >= 4 is 17.3 Å². The molecule has 0 aliphatic rings. The number of hydrogen-bond acceptors (Lipinski definition) is 3. The minimum atomic E-state index is -0.326. The first-order chi connectivity index (χ1) is 9.38. The highest BCUT2D eigenvalue weighted by Crippen LogP contribution is 2.36. The maximum absolute atomic E-state index is 11.2. The molecule has 20 heavy (non-hydrogen) atoms. The second kappa shape index (κ2) is 7.60. The van der Waals surface area contributed by atoms with Gasteiger partial charge in [-0.1, -0.05) is 32.4 Å². The van der Waals surface area contributed by atoms with E-state index in [-0.39, 0.29) is 28.5 Å². The smallest absolute Gasteiger partial charge is 0.273 e. The normalized spacial score (nSPS) is 14.3. The first-order valence-electron chi connectivity index (χ1n) is 7.05. The van der Waals surface area contributed by atoms with Crippen LogP contribution in [-0.4, -0.2) is 17.5 Å². The maximum atomic E-state index is 11.2. The first-order valence-corrected chi connectivity index (χ1v) is 7.43.